The van der Waals surface area contributed by atoms with Gasteiger partial charge < -0.3 is 4.90 Å². The van der Waals surface area contributed by atoms with Crippen LogP contribution in [0.3, 0.4) is 0 Å². The number of carbonyl (C=O) groups is 1. The lowest BCUT2D eigenvalue weighted by molar-refractivity contribution is -0.141. The molecule has 0 radical (unpaired) electrons. The second kappa shape index (κ2) is 8.90. The van der Waals surface area contributed by atoms with Crippen LogP contribution in [0.1, 0.15) is 37.1 Å². The Morgan fingerprint density at radius 3 is 2.56 bits per heavy atom. The number of halogens is 4. The number of benzene rings is 2. The second-order valence-corrected chi connectivity index (χ2v) is 9.74. The predicted octanol–water partition coefficient (Wildman–Crippen LogP) is 6.05. The average Bonchev–Trinajstić information content (AvgIpc) is 3.32. The second-order valence-electron chi connectivity index (χ2n) is 9.34. The molecular weight excluding hydrogens is 493 g/mol. The molecule has 1 unspecified atom stereocenters. The number of aliphatic imine (C=N–C) groups is 1. The molecule has 0 aliphatic carbocycles. The summed E-state index contributed by atoms with van der Waals surface area (Å²) in [6, 6.07) is 13.9. The first-order valence-electron chi connectivity index (χ1n) is 11.3. The molecule has 10 heteroatoms. The fraction of sp³-hybridized carbons (Fsp3) is 0.269. The number of aldehydes is 1. The van der Waals surface area contributed by atoms with Crippen LogP contribution in [0.5, 0.6) is 0 Å². The summed E-state index contributed by atoms with van der Waals surface area (Å²) in [5.74, 6) is 0.388. The minimum absolute atomic E-state index is 0.144. The summed E-state index contributed by atoms with van der Waals surface area (Å²) < 4.78 is 38.8. The highest BCUT2D eigenvalue weighted by atomic mass is 35.5. The molecule has 0 amide bonds. The average molecular weight is 515 g/mol. The van der Waals surface area contributed by atoms with Gasteiger partial charge in [0.2, 0.25) is 6.23 Å². The number of anilines is 2. The van der Waals surface area contributed by atoms with Gasteiger partial charge in [0.05, 0.1) is 5.02 Å². The third-order valence-corrected chi connectivity index (χ3v) is 6.85. The Morgan fingerprint density at radius 2 is 1.92 bits per heavy atom. The monoisotopic (exact) mass is 514 g/mol. The highest BCUT2D eigenvalue weighted by molar-refractivity contribution is 6.34. The van der Waals surface area contributed by atoms with Gasteiger partial charge in [-0.1, -0.05) is 37.6 Å². The van der Waals surface area contributed by atoms with Crippen LogP contribution in [0.4, 0.5) is 24.5 Å². The van der Waals surface area contributed by atoms with E-state index in [1.807, 2.05) is 36.4 Å². The molecule has 3 heterocycles. The molecule has 1 atom stereocenters. The molecule has 6 nitrogen and oxygen atoms in total. The molecule has 0 saturated carbocycles. The number of alkyl halides is 3. The van der Waals surface area contributed by atoms with Gasteiger partial charge in [0, 0.05) is 35.2 Å². The molecular formula is C26H22ClF3N4O2. The lowest BCUT2D eigenvalue weighted by Crippen LogP contribution is -2.34. The van der Waals surface area contributed by atoms with Crippen molar-refractivity contribution in [2.45, 2.75) is 38.1 Å². The van der Waals surface area contributed by atoms with E-state index in [0.717, 1.165) is 41.5 Å². The number of hydrogen-bond donors (Lipinski definition) is 1. The summed E-state index contributed by atoms with van der Waals surface area (Å²) in [5.41, 5.74) is 6.57. The van der Waals surface area contributed by atoms with Crippen LogP contribution in [-0.4, -0.2) is 29.9 Å². The van der Waals surface area contributed by atoms with E-state index in [9.17, 15) is 18.0 Å². The molecule has 0 bridgehead atoms. The van der Waals surface area contributed by atoms with Gasteiger partial charge in [-0.05, 0) is 59.4 Å². The van der Waals surface area contributed by atoms with E-state index in [2.05, 4.69) is 34.2 Å². The first kappa shape index (κ1) is 24.3. The van der Waals surface area contributed by atoms with Crippen molar-refractivity contribution < 1.29 is 22.8 Å². The Labute approximate surface area is 210 Å². The molecule has 3 aromatic rings. The predicted molar refractivity (Wildman–Crippen MR) is 131 cm³/mol. The molecule has 36 heavy (non-hydrogen) atoms. The SMILES string of the molecule is CC1(C)CCN(c2ccc(C3=NC(C=O)ON3)c(Cl)c2)c2ccc(-c3ccc(C(F)(F)F)nc3)cc21. The number of rotatable bonds is 4. The quantitative estimate of drug-likeness (QED) is 0.429. The fourth-order valence-corrected chi connectivity index (χ4v) is 4.75. The van der Waals surface area contributed by atoms with E-state index < -0.39 is 18.1 Å². The summed E-state index contributed by atoms with van der Waals surface area (Å²) in [6.45, 7) is 5.06. The Bertz CT molecular complexity index is 1360. The van der Waals surface area contributed by atoms with Crippen molar-refractivity contribution in [3.63, 3.8) is 0 Å². The summed E-state index contributed by atoms with van der Waals surface area (Å²) in [4.78, 5) is 25.9. The molecule has 5 rings (SSSR count). The van der Waals surface area contributed by atoms with Crippen LogP contribution < -0.4 is 10.4 Å². The fourth-order valence-electron chi connectivity index (χ4n) is 4.48. The molecule has 1 N–H and O–H groups in total. The van der Waals surface area contributed by atoms with Gasteiger partial charge in [-0.3, -0.25) is 9.78 Å². The maximum Gasteiger partial charge on any atom is 0.433 e. The lowest BCUT2D eigenvalue weighted by Gasteiger charge is -2.40. The van der Waals surface area contributed by atoms with Gasteiger partial charge in [-0.15, -0.1) is 0 Å². The summed E-state index contributed by atoms with van der Waals surface area (Å²) in [7, 11) is 0. The van der Waals surface area contributed by atoms with Crippen molar-refractivity contribution in [2.24, 2.45) is 4.99 Å². The third-order valence-electron chi connectivity index (χ3n) is 6.53. The number of fused-ring (bicyclic) bond motifs is 1. The highest BCUT2D eigenvalue weighted by Gasteiger charge is 2.34. The Kier molecular flexibility index (Phi) is 6.00. The molecule has 0 fully saturated rings. The smallest absolute Gasteiger partial charge is 0.341 e. The first-order valence-corrected chi connectivity index (χ1v) is 11.6. The zero-order chi connectivity index (χ0) is 25.7. The van der Waals surface area contributed by atoms with Gasteiger partial charge in [-0.25, -0.2) is 15.3 Å². The van der Waals surface area contributed by atoms with E-state index >= 15 is 0 Å². The van der Waals surface area contributed by atoms with Crippen LogP contribution >= 0.6 is 11.6 Å². The standard InChI is InChI=1S/C26H22ClF3N4O2/c1-25(2)9-10-34(17-5-6-18(20(27)12-17)24-32-23(14-35)36-33-24)21-7-3-15(11-19(21)25)16-4-8-22(31-13-16)26(28,29)30/h3-8,11-14,23H,9-10H2,1-2H3,(H,32,33). The van der Waals surface area contributed by atoms with Crippen LogP contribution in [0, 0.1) is 0 Å². The van der Waals surface area contributed by atoms with Gasteiger partial charge in [-0.2, -0.15) is 13.2 Å². The summed E-state index contributed by atoms with van der Waals surface area (Å²) >= 11 is 6.57. The largest absolute Gasteiger partial charge is 0.433 e. The van der Waals surface area contributed by atoms with E-state index in [4.69, 9.17) is 16.4 Å². The highest BCUT2D eigenvalue weighted by Crippen LogP contribution is 2.45. The van der Waals surface area contributed by atoms with Crippen molar-refractivity contribution in [3.8, 4) is 11.1 Å². The van der Waals surface area contributed by atoms with Gasteiger partial charge in [0.25, 0.3) is 0 Å². The van der Waals surface area contributed by atoms with Crippen LogP contribution in [0.25, 0.3) is 11.1 Å². The maximum absolute atomic E-state index is 12.9. The normalized spacial score (nSPS) is 18.9. The van der Waals surface area contributed by atoms with E-state index in [0.29, 0.717) is 28.3 Å². The van der Waals surface area contributed by atoms with E-state index in [1.54, 1.807) is 0 Å². The maximum atomic E-state index is 12.9. The van der Waals surface area contributed by atoms with Crippen molar-refractivity contribution in [2.75, 3.05) is 11.4 Å². The molecule has 186 valence electrons. The number of aromatic nitrogens is 1. The number of hydroxylamine groups is 1. The molecule has 0 saturated heterocycles. The number of nitrogens with zero attached hydrogens (tertiary/aromatic N) is 3. The minimum atomic E-state index is -4.47. The van der Waals surface area contributed by atoms with Crippen molar-refractivity contribution in [3.05, 3.63) is 76.6 Å². The van der Waals surface area contributed by atoms with Gasteiger partial charge in [0.1, 0.15) is 5.69 Å². The Balaban J connectivity index is 1.49. The van der Waals surface area contributed by atoms with Gasteiger partial charge in [0.15, 0.2) is 12.1 Å². The number of nitrogens with one attached hydrogen (secondary N) is 1. The molecule has 2 aliphatic rings. The number of hydrogen-bond acceptors (Lipinski definition) is 6. The zero-order valence-electron chi connectivity index (χ0n) is 19.4. The van der Waals surface area contributed by atoms with Crippen molar-refractivity contribution in [1.82, 2.24) is 10.5 Å². The molecule has 0 spiro atoms. The summed E-state index contributed by atoms with van der Waals surface area (Å²) in [6.07, 6.45) is -2.67. The Hall–Kier alpha value is -3.43. The lowest BCUT2D eigenvalue weighted by atomic mass is 9.76. The summed E-state index contributed by atoms with van der Waals surface area (Å²) in [5, 5.41) is 0.452. The van der Waals surface area contributed by atoms with Crippen molar-refractivity contribution in [1.29, 1.82) is 0 Å². The van der Waals surface area contributed by atoms with Crippen LogP contribution in [0.2, 0.25) is 5.02 Å². The third kappa shape index (κ3) is 4.44. The van der Waals surface area contributed by atoms with Crippen LogP contribution in [-0.2, 0) is 21.2 Å². The molecule has 2 aliphatic heterocycles. The molecule has 2 aromatic carbocycles. The van der Waals surface area contributed by atoms with E-state index in [-0.39, 0.29) is 5.41 Å². The minimum Gasteiger partial charge on any atom is -0.341 e. The van der Waals surface area contributed by atoms with Gasteiger partial charge >= 0.3 is 6.18 Å². The number of pyridine rings is 1. The number of carbonyl (C=O) groups excluding carboxylic acids is 1. The first-order chi connectivity index (χ1) is 17.1. The van der Waals surface area contributed by atoms with Crippen molar-refractivity contribution >= 4 is 35.1 Å². The topological polar surface area (TPSA) is 66.8 Å². The Morgan fingerprint density at radius 1 is 1.14 bits per heavy atom. The van der Waals surface area contributed by atoms with E-state index in [1.165, 1.54) is 12.3 Å². The zero-order valence-corrected chi connectivity index (χ0v) is 20.2. The van der Waals surface area contributed by atoms with Crippen LogP contribution in [0.15, 0.2) is 59.7 Å². The molecule has 1 aromatic heterocycles. The number of amidine groups is 1.